The van der Waals surface area contributed by atoms with Gasteiger partial charge in [0.15, 0.2) is 11.4 Å². The topological polar surface area (TPSA) is 85.6 Å². The van der Waals surface area contributed by atoms with Crippen molar-refractivity contribution in [3.63, 3.8) is 0 Å². The standard InChI is InChI=1S/C18H12Cl2N4O2S/c19-11-6-12(20)8-14(7-11)24-16(25)9-15(17(24)26)27-18(22-10-21)23-13-4-2-1-3-5-13/h1-8,15H,9H2,(H,22,23)/t15-/m1/s1. The second-order valence-corrected chi connectivity index (χ2v) is 7.56. The normalized spacial score (nSPS) is 17.1. The summed E-state index contributed by atoms with van der Waals surface area (Å²) in [6.45, 7) is 0. The minimum Gasteiger partial charge on any atom is -0.274 e. The fourth-order valence-corrected chi connectivity index (χ4v) is 4.00. The molecule has 0 unspecified atom stereocenters. The Kier molecular flexibility index (Phi) is 6.01. The SMILES string of the molecule is N#CNC(=Nc1ccccc1)S[C@@H]1CC(=O)N(c2cc(Cl)cc(Cl)c2)C1=O. The van der Waals surface area contributed by atoms with E-state index in [1.165, 1.54) is 18.2 Å². The van der Waals surface area contributed by atoms with Crippen molar-refractivity contribution in [1.82, 2.24) is 5.32 Å². The first-order valence-corrected chi connectivity index (χ1v) is 9.40. The van der Waals surface area contributed by atoms with Crippen LogP contribution in [0.15, 0.2) is 53.5 Å². The highest BCUT2D eigenvalue weighted by atomic mass is 35.5. The molecule has 1 N–H and O–H groups in total. The lowest BCUT2D eigenvalue weighted by Crippen LogP contribution is -2.32. The van der Waals surface area contributed by atoms with Crippen LogP contribution >= 0.6 is 35.0 Å². The lowest BCUT2D eigenvalue weighted by Gasteiger charge is -2.15. The molecule has 0 saturated carbocycles. The van der Waals surface area contributed by atoms with E-state index in [-0.39, 0.29) is 17.5 Å². The zero-order chi connectivity index (χ0) is 19.4. The fraction of sp³-hybridized carbons (Fsp3) is 0.111. The van der Waals surface area contributed by atoms with E-state index >= 15 is 0 Å². The number of rotatable bonds is 3. The summed E-state index contributed by atoms with van der Waals surface area (Å²) >= 11 is 13.0. The maximum atomic E-state index is 12.8. The van der Waals surface area contributed by atoms with E-state index in [2.05, 4.69) is 10.3 Å². The number of carbonyl (C=O) groups excluding carboxylic acids is 2. The van der Waals surface area contributed by atoms with Crippen LogP contribution in [-0.2, 0) is 9.59 Å². The Morgan fingerprint density at radius 1 is 1.19 bits per heavy atom. The van der Waals surface area contributed by atoms with Crippen LogP contribution in [0.1, 0.15) is 6.42 Å². The molecule has 27 heavy (non-hydrogen) atoms. The van der Waals surface area contributed by atoms with E-state index < -0.39 is 11.2 Å². The number of carbonyl (C=O) groups is 2. The van der Waals surface area contributed by atoms with Crippen molar-refractivity contribution in [3.8, 4) is 6.19 Å². The van der Waals surface area contributed by atoms with E-state index in [0.717, 1.165) is 16.7 Å². The minimum atomic E-state index is -0.710. The average molecular weight is 419 g/mol. The van der Waals surface area contributed by atoms with Crippen molar-refractivity contribution in [3.05, 3.63) is 58.6 Å². The van der Waals surface area contributed by atoms with E-state index in [4.69, 9.17) is 28.5 Å². The van der Waals surface area contributed by atoms with Gasteiger partial charge in [0.25, 0.3) is 0 Å². The maximum Gasteiger partial charge on any atom is 0.247 e. The third kappa shape index (κ3) is 4.61. The number of benzene rings is 2. The summed E-state index contributed by atoms with van der Waals surface area (Å²) in [7, 11) is 0. The fourth-order valence-electron chi connectivity index (χ4n) is 2.52. The molecule has 3 rings (SSSR count). The molecule has 1 heterocycles. The average Bonchev–Trinajstić information content (AvgIpc) is 2.88. The van der Waals surface area contributed by atoms with Crippen molar-refractivity contribution < 1.29 is 9.59 Å². The van der Waals surface area contributed by atoms with Gasteiger partial charge < -0.3 is 0 Å². The molecule has 136 valence electrons. The van der Waals surface area contributed by atoms with Gasteiger partial charge in [0.05, 0.1) is 11.4 Å². The van der Waals surface area contributed by atoms with Crippen LogP contribution in [-0.4, -0.2) is 22.2 Å². The highest BCUT2D eigenvalue weighted by molar-refractivity contribution is 8.15. The smallest absolute Gasteiger partial charge is 0.247 e. The van der Waals surface area contributed by atoms with E-state index in [1.54, 1.807) is 18.3 Å². The molecule has 2 amide bonds. The Bertz CT molecular complexity index is 939. The number of nitrogens with one attached hydrogen (secondary N) is 1. The van der Waals surface area contributed by atoms with Crippen LogP contribution in [0.5, 0.6) is 0 Å². The number of thioether (sulfide) groups is 1. The molecule has 1 atom stereocenters. The van der Waals surface area contributed by atoms with E-state index in [0.29, 0.717) is 21.4 Å². The van der Waals surface area contributed by atoms with E-state index in [9.17, 15) is 9.59 Å². The Morgan fingerprint density at radius 3 is 2.48 bits per heavy atom. The third-order valence-electron chi connectivity index (χ3n) is 3.61. The molecular formula is C18H12Cl2N4O2S. The van der Waals surface area contributed by atoms with Gasteiger partial charge in [-0.3, -0.25) is 14.9 Å². The lowest BCUT2D eigenvalue weighted by molar-refractivity contribution is -0.121. The lowest BCUT2D eigenvalue weighted by atomic mass is 10.3. The summed E-state index contributed by atoms with van der Waals surface area (Å²) in [6, 6.07) is 13.5. The van der Waals surface area contributed by atoms with Gasteiger partial charge in [0.2, 0.25) is 11.8 Å². The monoisotopic (exact) mass is 418 g/mol. The number of nitriles is 1. The summed E-state index contributed by atoms with van der Waals surface area (Å²) in [5, 5.41) is 11.6. The second-order valence-electron chi connectivity index (χ2n) is 5.49. The van der Waals surface area contributed by atoms with Crippen LogP contribution in [0, 0.1) is 11.5 Å². The van der Waals surface area contributed by atoms with Crippen LogP contribution in [0.4, 0.5) is 11.4 Å². The van der Waals surface area contributed by atoms with Gasteiger partial charge in [0, 0.05) is 16.5 Å². The number of hydrogen-bond donors (Lipinski definition) is 1. The van der Waals surface area contributed by atoms with Gasteiger partial charge in [0.1, 0.15) is 5.25 Å². The Morgan fingerprint density at radius 2 is 1.85 bits per heavy atom. The third-order valence-corrected chi connectivity index (χ3v) is 5.12. The van der Waals surface area contributed by atoms with Crippen LogP contribution < -0.4 is 10.2 Å². The number of halogens is 2. The van der Waals surface area contributed by atoms with Crippen LogP contribution in [0.2, 0.25) is 10.0 Å². The highest BCUT2D eigenvalue weighted by Gasteiger charge is 2.41. The molecule has 0 radical (unpaired) electrons. The van der Waals surface area contributed by atoms with Crippen molar-refractivity contribution in [2.24, 2.45) is 4.99 Å². The Labute approximate surface area is 169 Å². The number of para-hydroxylation sites is 1. The maximum absolute atomic E-state index is 12.8. The van der Waals surface area contributed by atoms with Crippen molar-refractivity contribution >= 4 is 63.3 Å². The summed E-state index contributed by atoms with van der Waals surface area (Å²) in [5.41, 5.74) is 0.943. The Balaban J connectivity index is 1.83. The molecule has 0 bridgehead atoms. The first-order valence-electron chi connectivity index (χ1n) is 7.76. The minimum absolute atomic E-state index is 0.0193. The number of imide groups is 1. The van der Waals surface area contributed by atoms with Gasteiger partial charge in [-0.2, -0.15) is 5.26 Å². The molecule has 1 aliphatic heterocycles. The summed E-state index contributed by atoms with van der Waals surface area (Å²) in [4.78, 5) is 30.5. The van der Waals surface area contributed by atoms with Crippen LogP contribution in [0.3, 0.4) is 0 Å². The van der Waals surface area contributed by atoms with Gasteiger partial charge in [-0.25, -0.2) is 9.89 Å². The molecule has 1 aliphatic rings. The molecule has 0 aliphatic carbocycles. The van der Waals surface area contributed by atoms with Crippen molar-refractivity contribution in [2.45, 2.75) is 11.7 Å². The summed E-state index contributed by atoms with van der Waals surface area (Å²) in [6.07, 6.45) is 1.78. The molecule has 1 fully saturated rings. The molecular weight excluding hydrogens is 407 g/mol. The predicted octanol–water partition coefficient (Wildman–Crippen LogP) is 4.12. The zero-order valence-electron chi connectivity index (χ0n) is 13.7. The first kappa shape index (κ1) is 19.2. The van der Waals surface area contributed by atoms with Gasteiger partial charge in [-0.05, 0) is 30.3 Å². The number of amides is 2. The van der Waals surface area contributed by atoms with Gasteiger partial charge in [-0.15, -0.1) is 0 Å². The summed E-state index contributed by atoms with van der Waals surface area (Å²) < 4.78 is 0. The van der Waals surface area contributed by atoms with Crippen molar-refractivity contribution in [2.75, 3.05) is 4.90 Å². The predicted molar refractivity (Wildman–Crippen MR) is 107 cm³/mol. The van der Waals surface area contributed by atoms with Gasteiger partial charge >= 0.3 is 0 Å². The molecule has 1 saturated heterocycles. The molecule has 6 nitrogen and oxygen atoms in total. The molecule has 0 spiro atoms. The number of amidine groups is 1. The van der Waals surface area contributed by atoms with Crippen LogP contribution in [0.25, 0.3) is 0 Å². The summed E-state index contributed by atoms with van der Waals surface area (Å²) in [5.74, 6) is -0.782. The van der Waals surface area contributed by atoms with Gasteiger partial charge in [-0.1, -0.05) is 53.2 Å². The first-order chi connectivity index (χ1) is 13.0. The molecule has 2 aromatic rings. The molecule has 9 heteroatoms. The number of hydrogen-bond acceptors (Lipinski definition) is 5. The highest BCUT2D eigenvalue weighted by Crippen LogP contribution is 2.33. The molecule has 2 aromatic carbocycles. The molecule has 0 aromatic heterocycles. The number of aliphatic imine (C=N–C) groups is 1. The quantitative estimate of drug-likeness (QED) is 0.266. The van der Waals surface area contributed by atoms with Crippen molar-refractivity contribution in [1.29, 1.82) is 5.26 Å². The largest absolute Gasteiger partial charge is 0.274 e. The number of nitrogens with zero attached hydrogens (tertiary/aromatic N) is 3. The zero-order valence-corrected chi connectivity index (χ0v) is 16.1. The second kappa shape index (κ2) is 8.44. The Hall–Kier alpha value is -2.53. The number of anilines is 1. The van der Waals surface area contributed by atoms with E-state index in [1.807, 2.05) is 18.2 Å².